The van der Waals surface area contributed by atoms with Crippen LogP contribution in [0.2, 0.25) is 0 Å². The summed E-state index contributed by atoms with van der Waals surface area (Å²) in [6.45, 7) is 0. The summed E-state index contributed by atoms with van der Waals surface area (Å²) in [5.74, 6) is -0.314. The number of oxime groups is 1. The summed E-state index contributed by atoms with van der Waals surface area (Å²) in [6, 6.07) is 11.1. The van der Waals surface area contributed by atoms with Crippen LogP contribution in [-0.4, -0.2) is 17.2 Å². The quantitative estimate of drug-likeness (QED) is 0.397. The van der Waals surface area contributed by atoms with E-state index in [1.165, 1.54) is 0 Å². The van der Waals surface area contributed by atoms with Gasteiger partial charge in [0.1, 0.15) is 6.21 Å². The van der Waals surface area contributed by atoms with Gasteiger partial charge in [-0.3, -0.25) is 4.79 Å². The van der Waals surface area contributed by atoms with Crippen molar-refractivity contribution in [2.75, 3.05) is 0 Å². The molecular formula is C12H8BrNO2. The van der Waals surface area contributed by atoms with E-state index in [4.69, 9.17) is 5.21 Å². The van der Waals surface area contributed by atoms with Crippen LogP contribution in [0.25, 0.3) is 10.8 Å². The van der Waals surface area contributed by atoms with Crippen LogP contribution in [0.5, 0.6) is 0 Å². The van der Waals surface area contributed by atoms with Gasteiger partial charge in [0.2, 0.25) is 5.78 Å². The van der Waals surface area contributed by atoms with Gasteiger partial charge in [-0.05, 0) is 22.9 Å². The molecule has 2 rings (SSSR count). The van der Waals surface area contributed by atoms with Gasteiger partial charge in [0, 0.05) is 10.0 Å². The second kappa shape index (κ2) is 4.45. The van der Waals surface area contributed by atoms with Crippen molar-refractivity contribution in [2.45, 2.75) is 0 Å². The van der Waals surface area contributed by atoms with Crippen LogP contribution in [0.3, 0.4) is 0 Å². The lowest BCUT2D eigenvalue weighted by Crippen LogP contribution is -2.01. The zero-order chi connectivity index (χ0) is 11.5. The average Bonchev–Trinajstić information content (AvgIpc) is 2.30. The Morgan fingerprint density at radius 2 is 1.88 bits per heavy atom. The molecule has 4 heteroatoms. The van der Waals surface area contributed by atoms with Gasteiger partial charge >= 0.3 is 0 Å². The van der Waals surface area contributed by atoms with Gasteiger partial charge in [-0.2, -0.15) is 0 Å². The van der Waals surface area contributed by atoms with Gasteiger partial charge in [0.15, 0.2) is 0 Å². The van der Waals surface area contributed by atoms with Crippen molar-refractivity contribution >= 4 is 38.7 Å². The maximum absolute atomic E-state index is 11.6. The molecule has 16 heavy (non-hydrogen) atoms. The highest BCUT2D eigenvalue weighted by Gasteiger charge is 2.09. The van der Waals surface area contributed by atoms with Crippen LogP contribution in [0.4, 0.5) is 0 Å². The fourth-order valence-electron chi connectivity index (χ4n) is 1.60. The number of halogens is 1. The van der Waals surface area contributed by atoms with Gasteiger partial charge in [-0.1, -0.05) is 45.4 Å². The monoisotopic (exact) mass is 277 g/mol. The smallest absolute Gasteiger partial charge is 0.207 e. The van der Waals surface area contributed by atoms with Gasteiger partial charge in [0.25, 0.3) is 0 Å². The maximum atomic E-state index is 11.6. The predicted molar refractivity (Wildman–Crippen MR) is 66.3 cm³/mol. The average molecular weight is 278 g/mol. The number of rotatable bonds is 2. The van der Waals surface area contributed by atoms with Crippen molar-refractivity contribution in [3.05, 3.63) is 46.4 Å². The third-order valence-electron chi connectivity index (χ3n) is 2.31. The zero-order valence-corrected chi connectivity index (χ0v) is 9.81. The number of Topliss-reactive ketones (excluding diaryl/α,β-unsaturated/α-hetero) is 1. The highest BCUT2D eigenvalue weighted by Crippen LogP contribution is 2.26. The lowest BCUT2D eigenvalue weighted by atomic mass is 10.0. The number of nitrogens with zero attached hydrogens (tertiary/aromatic N) is 1. The van der Waals surface area contributed by atoms with Crippen molar-refractivity contribution in [1.29, 1.82) is 0 Å². The highest BCUT2D eigenvalue weighted by molar-refractivity contribution is 9.10. The van der Waals surface area contributed by atoms with E-state index in [1.807, 2.05) is 24.3 Å². The van der Waals surface area contributed by atoms with E-state index in [0.717, 1.165) is 21.5 Å². The normalized spacial score (nSPS) is 11.1. The second-order valence-corrected chi connectivity index (χ2v) is 4.10. The Morgan fingerprint density at radius 3 is 2.56 bits per heavy atom. The molecular weight excluding hydrogens is 270 g/mol. The number of carbonyl (C=O) groups is 1. The van der Waals surface area contributed by atoms with Crippen LogP contribution in [0.1, 0.15) is 10.4 Å². The Hall–Kier alpha value is -1.68. The van der Waals surface area contributed by atoms with Crippen LogP contribution in [-0.2, 0) is 0 Å². The molecule has 2 aromatic carbocycles. The topological polar surface area (TPSA) is 49.7 Å². The standard InChI is InChI=1S/C12H8BrNO2/c13-11-6-5-10(12(15)7-14-16)8-3-1-2-4-9(8)11/h1-7,16H. The Bertz CT molecular complexity index is 578. The molecule has 2 aromatic rings. The summed E-state index contributed by atoms with van der Waals surface area (Å²) in [6.07, 6.45) is 0.898. The molecule has 0 aliphatic rings. The number of ketones is 1. The Labute approximate surface area is 101 Å². The van der Waals surface area contributed by atoms with E-state index in [-0.39, 0.29) is 5.78 Å². The lowest BCUT2D eigenvalue weighted by Gasteiger charge is -2.04. The molecule has 0 radical (unpaired) electrons. The molecule has 80 valence electrons. The van der Waals surface area contributed by atoms with Crippen LogP contribution in [0, 0.1) is 0 Å². The Morgan fingerprint density at radius 1 is 1.19 bits per heavy atom. The fraction of sp³-hybridized carbons (Fsp3) is 0. The molecule has 0 saturated heterocycles. The lowest BCUT2D eigenvalue weighted by molar-refractivity contribution is 0.106. The molecule has 1 N–H and O–H groups in total. The minimum absolute atomic E-state index is 0.314. The number of hydrogen-bond acceptors (Lipinski definition) is 3. The van der Waals surface area contributed by atoms with Crippen LogP contribution in [0.15, 0.2) is 46.0 Å². The molecule has 0 amide bonds. The van der Waals surface area contributed by atoms with Crippen molar-refractivity contribution in [3.63, 3.8) is 0 Å². The van der Waals surface area contributed by atoms with E-state index in [0.29, 0.717) is 5.56 Å². The van der Waals surface area contributed by atoms with Crippen molar-refractivity contribution < 1.29 is 10.0 Å². The first-order chi connectivity index (χ1) is 7.74. The zero-order valence-electron chi connectivity index (χ0n) is 8.22. The number of fused-ring (bicyclic) bond motifs is 1. The molecule has 0 atom stereocenters. The first-order valence-corrected chi connectivity index (χ1v) is 5.42. The van der Waals surface area contributed by atoms with Gasteiger partial charge in [0.05, 0.1) is 0 Å². The van der Waals surface area contributed by atoms with E-state index in [9.17, 15) is 4.79 Å². The SMILES string of the molecule is O=C(C=NO)c1ccc(Br)c2ccccc12. The molecule has 0 aliphatic heterocycles. The third kappa shape index (κ3) is 1.84. The van der Waals surface area contributed by atoms with Crippen molar-refractivity contribution in [3.8, 4) is 0 Å². The molecule has 0 spiro atoms. The summed E-state index contributed by atoms with van der Waals surface area (Å²) in [7, 11) is 0. The van der Waals surface area contributed by atoms with E-state index in [1.54, 1.807) is 12.1 Å². The first kappa shape index (κ1) is 10.8. The van der Waals surface area contributed by atoms with E-state index >= 15 is 0 Å². The van der Waals surface area contributed by atoms with Crippen molar-refractivity contribution in [2.24, 2.45) is 5.16 Å². The number of benzene rings is 2. The van der Waals surface area contributed by atoms with E-state index < -0.39 is 0 Å². The molecule has 0 aromatic heterocycles. The molecule has 0 bridgehead atoms. The first-order valence-electron chi connectivity index (χ1n) is 4.63. The number of hydrogen-bond donors (Lipinski definition) is 1. The minimum atomic E-state index is -0.314. The van der Waals surface area contributed by atoms with Crippen molar-refractivity contribution in [1.82, 2.24) is 0 Å². The minimum Gasteiger partial charge on any atom is -0.411 e. The highest BCUT2D eigenvalue weighted by atomic mass is 79.9. The number of carbonyl (C=O) groups excluding carboxylic acids is 1. The Kier molecular flexibility index (Phi) is 3.01. The molecule has 0 saturated carbocycles. The fourth-order valence-corrected chi connectivity index (χ4v) is 2.08. The molecule has 3 nitrogen and oxygen atoms in total. The van der Waals surface area contributed by atoms with Crippen LogP contribution < -0.4 is 0 Å². The summed E-state index contributed by atoms with van der Waals surface area (Å²) < 4.78 is 0.931. The van der Waals surface area contributed by atoms with Crippen LogP contribution >= 0.6 is 15.9 Å². The summed E-state index contributed by atoms with van der Waals surface area (Å²) in [5.41, 5.74) is 0.525. The van der Waals surface area contributed by atoms with Gasteiger partial charge in [-0.25, -0.2) is 0 Å². The molecule has 0 aliphatic carbocycles. The largest absolute Gasteiger partial charge is 0.411 e. The van der Waals surface area contributed by atoms with E-state index in [2.05, 4.69) is 21.1 Å². The third-order valence-corrected chi connectivity index (χ3v) is 3.00. The molecule has 0 unspecified atom stereocenters. The van der Waals surface area contributed by atoms with Gasteiger partial charge in [-0.15, -0.1) is 0 Å². The molecule has 0 fully saturated rings. The summed E-state index contributed by atoms with van der Waals surface area (Å²) in [4.78, 5) is 11.6. The molecule has 0 heterocycles. The maximum Gasteiger partial charge on any atom is 0.207 e. The summed E-state index contributed by atoms with van der Waals surface area (Å²) in [5, 5.41) is 12.9. The summed E-state index contributed by atoms with van der Waals surface area (Å²) >= 11 is 3.42. The Balaban J connectivity index is 2.72. The predicted octanol–water partition coefficient (Wildman–Crippen LogP) is 3.25. The second-order valence-electron chi connectivity index (χ2n) is 3.25. The van der Waals surface area contributed by atoms with Gasteiger partial charge < -0.3 is 5.21 Å².